The molecule has 1 aliphatic heterocycles. The average Bonchev–Trinajstić information content (AvgIpc) is 3.41. The number of aromatic amines is 1. The van der Waals surface area contributed by atoms with Gasteiger partial charge in [-0.2, -0.15) is 5.21 Å². The summed E-state index contributed by atoms with van der Waals surface area (Å²) < 4.78 is 45.7. The molecule has 2 aromatic carbocycles. The molecule has 1 aromatic heterocycles. The second kappa shape index (κ2) is 13.4. The summed E-state index contributed by atoms with van der Waals surface area (Å²) in [6, 6.07) is 6.61. The molecule has 3 aromatic rings. The van der Waals surface area contributed by atoms with Crippen molar-refractivity contribution in [1.82, 2.24) is 25.6 Å². The maximum atomic E-state index is 14.1. The Hall–Kier alpha value is -2.23. The first-order chi connectivity index (χ1) is 18.7. The standard InChI is InChI=1S/C23H24Cl3F2N7O3S/c1-36-18-8-38-23(18)22(35(30)7-17(29)11-4-15(27)21(26)16(28)5-11)19(37-9-20-31-33-34-32-20)10-39-12-2-3-13(24)14(25)6-12/h2-7,18-19,22-23H,8-10,29-30H2,1H3,(H,31,32,33,34)/b17-7-. The number of hydrazine groups is 1. The third-order valence-electron chi connectivity index (χ3n) is 5.91. The first-order valence-corrected chi connectivity index (χ1v) is 13.5. The summed E-state index contributed by atoms with van der Waals surface area (Å²) in [6.45, 7) is 0.348. The number of hydrogen-bond donors (Lipinski definition) is 3. The Morgan fingerprint density at radius 3 is 2.59 bits per heavy atom. The summed E-state index contributed by atoms with van der Waals surface area (Å²) in [6.07, 6.45) is -0.117. The molecule has 1 fully saturated rings. The van der Waals surface area contributed by atoms with Crippen molar-refractivity contribution in [3.63, 3.8) is 0 Å². The molecule has 210 valence electrons. The van der Waals surface area contributed by atoms with E-state index in [2.05, 4.69) is 20.6 Å². The van der Waals surface area contributed by atoms with Crippen LogP contribution in [-0.4, -0.2) is 69.5 Å². The van der Waals surface area contributed by atoms with Gasteiger partial charge in [0.2, 0.25) is 0 Å². The number of H-pyrrole nitrogens is 1. The first-order valence-electron chi connectivity index (χ1n) is 11.4. The Balaban J connectivity index is 1.63. The first kappa shape index (κ1) is 29.7. The summed E-state index contributed by atoms with van der Waals surface area (Å²) in [5, 5.41) is 15.3. The number of halogens is 5. The maximum absolute atomic E-state index is 14.1. The van der Waals surface area contributed by atoms with E-state index in [9.17, 15) is 8.78 Å². The minimum absolute atomic E-state index is 0.00458. The van der Waals surface area contributed by atoms with Gasteiger partial charge in [0.1, 0.15) is 41.5 Å². The molecular weight excluding hydrogens is 599 g/mol. The summed E-state index contributed by atoms with van der Waals surface area (Å²) >= 11 is 19.3. The van der Waals surface area contributed by atoms with Crippen LogP contribution >= 0.6 is 46.6 Å². The number of nitrogens with two attached hydrogens (primary N) is 2. The molecule has 0 radical (unpaired) electrons. The van der Waals surface area contributed by atoms with Crippen molar-refractivity contribution < 1.29 is 23.0 Å². The zero-order chi connectivity index (χ0) is 28.1. The molecule has 16 heteroatoms. The van der Waals surface area contributed by atoms with E-state index in [1.54, 1.807) is 19.2 Å². The van der Waals surface area contributed by atoms with E-state index in [1.807, 2.05) is 6.07 Å². The molecule has 39 heavy (non-hydrogen) atoms. The number of hydrogen-bond acceptors (Lipinski definition) is 10. The van der Waals surface area contributed by atoms with Gasteiger partial charge in [-0.1, -0.05) is 40.0 Å². The van der Waals surface area contributed by atoms with Gasteiger partial charge in [-0.3, -0.25) is 0 Å². The molecule has 5 N–H and O–H groups in total. The molecule has 0 saturated carbocycles. The number of aromatic nitrogens is 4. The zero-order valence-electron chi connectivity index (χ0n) is 20.4. The van der Waals surface area contributed by atoms with Crippen LogP contribution in [0.1, 0.15) is 11.4 Å². The van der Waals surface area contributed by atoms with Crippen LogP contribution in [0.4, 0.5) is 8.78 Å². The predicted octanol–water partition coefficient (Wildman–Crippen LogP) is 4.03. The van der Waals surface area contributed by atoms with Crippen LogP contribution < -0.4 is 11.6 Å². The fraction of sp³-hybridized carbons (Fsp3) is 0.348. The second-order valence-corrected chi connectivity index (χ2v) is 10.7. The Morgan fingerprint density at radius 1 is 1.26 bits per heavy atom. The number of nitrogens with one attached hydrogen (secondary N) is 1. The summed E-state index contributed by atoms with van der Waals surface area (Å²) in [7, 11) is 1.56. The molecule has 1 saturated heterocycles. The van der Waals surface area contributed by atoms with Gasteiger partial charge in [0.15, 0.2) is 5.82 Å². The number of nitrogens with zero attached hydrogens (tertiary/aromatic N) is 4. The molecule has 1 aliphatic rings. The van der Waals surface area contributed by atoms with Crippen molar-refractivity contribution in [2.45, 2.75) is 35.9 Å². The highest BCUT2D eigenvalue weighted by molar-refractivity contribution is 7.99. The van der Waals surface area contributed by atoms with Gasteiger partial charge in [0, 0.05) is 29.5 Å². The van der Waals surface area contributed by atoms with Crippen LogP contribution in [0.3, 0.4) is 0 Å². The highest BCUT2D eigenvalue weighted by Gasteiger charge is 2.45. The van der Waals surface area contributed by atoms with Gasteiger partial charge in [-0.05, 0) is 30.3 Å². The Labute approximate surface area is 241 Å². The molecule has 4 rings (SSSR count). The number of methoxy groups -OCH3 is 1. The monoisotopic (exact) mass is 621 g/mol. The maximum Gasteiger partial charge on any atom is 0.200 e. The molecule has 0 amide bonds. The van der Waals surface area contributed by atoms with Crippen molar-refractivity contribution in [3.05, 3.63) is 74.6 Å². The third kappa shape index (κ3) is 7.30. The fourth-order valence-electron chi connectivity index (χ4n) is 3.84. The Morgan fingerprint density at radius 2 is 2.00 bits per heavy atom. The van der Waals surface area contributed by atoms with E-state index in [-0.39, 0.29) is 24.0 Å². The van der Waals surface area contributed by atoms with Gasteiger partial charge in [-0.25, -0.2) is 14.6 Å². The molecule has 4 atom stereocenters. The van der Waals surface area contributed by atoms with E-state index in [0.717, 1.165) is 17.0 Å². The van der Waals surface area contributed by atoms with Crippen molar-refractivity contribution >= 4 is 52.3 Å². The SMILES string of the molecule is COC1COC1C(C(CSc1ccc(Cl)c(Cl)c1)OCc1nn[nH]n1)N(N)/C=C(\N)c1cc(F)c(Cl)c(F)c1. The number of rotatable bonds is 12. The third-order valence-corrected chi connectivity index (χ3v) is 8.09. The predicted molar refractivity (Wildman–Crippen MR) is 144 cm³/mol. The molecule has 2 heterocycles. The minimum Gasteiger partial charge on any atom is -0.397 e. The van der Waals surface area contributed by atoms with Gasteiger partial charge in [0.25, 0.3) is 0 Å². The highest BCUT2D eigenvalue weighted by Crippen LogP contribution is 2.32. The van der Waals surface area contributed by atoms with Crippen molar-refractivity contribution in [2.75, 3.05) is 19.5 Å². The summed E-state index contributed by atoms with van der Waals surface area (Å²) in [5.74, 6) is 5.28. The van der Waals surface area contributed by atoms with Crippen LogP contribution in [0.5, 0.6) is 0 Å². The highest BCUT2D eigenvalue weighted by atomic mass is 35.5. The second-order valence-electron chi connectivity index (χ2n) is 8.41. The lowest BCUT2D eigenvalue weighted by molar-refractivity contribution is -0.214. The van der Waals surface area contributed by atoms with Crippen LogP contribution in [-0.2, 0) is 20.8 Å². The van der Waals surface area contributed by atoms with E-state index in [0.29, 0.717) is 28.2 Å². The Kier molecular flexibility index (Phi) is 10.2. The van der Waals surface area contributed by atoms with E-state index < -0.39 is 34.9 Å². The van der Waals surface area contributed by atoms with E-state index in [1.165, 1.54) is 23.0 Å². The van der Waals surface area contributed by atoms with Gasteiger partial charge in [-0.15, -0.1) is 22.0 Å². The molecule has 10 nitrogen and oxygen atoms in total. The number of benzene rings is 2. The average molecular weight is 623 g/mol. The Bertz CT molecular complexity index is 1280. The quantitative estimate of drug-likeness (QED) is 0.118. The largest absolute Gasteiger partial charge is 0.397 e. The molecule has 0 bridgehead atoms. The minimum atomic E-state index is -0.954. The lowest BCUT2D eigenvalue weighted by Crippen LogP contribution is -2.64. The lowest BCUT2D eigenvalue weighted by atomic mass is 9.96. The van der Waals surface area contributed by atoms with E-state index >= 15 is 0 Å². The number of tetrazole rings is 1. The topological polar surface area (TPSA) is 137 Å². The fourth-order valence-corrected chi connectivity index (χ4v) is 5.33. The lowest BCUT2D eigenvalue weighted by Gasteiger charge is -2.46. The van der Waals surface area contributed by atoms with Crippen LogP contribution in [0.2, 0.25) is 15.1 Å². The molecule has 0 spiro atoms. The molecular formula is C23H24Cl3F2N7O3S. The van der Waals surface area contributed by atoms with Crippen molar-refractivity contribution in [2.24, 2.45) is 11.6 Å². The van der Waals surface area contributed by atoms with Gasteiger partial charge < -0.3 is 25.0 Å². The van der Waals surface area contributed by atoms with Crippen LogP contribution in [0, 0.1) is 11.6 Å². The van der Waals surface area contributed by atoms with Crippen molar-refractivity contribution in [1.29, 1.82) is 0 Å². The van der Waals surface area contributed by atoms with Gasteiger partial charge >= 0.3 is 0 Å². The normalized spacial score (nSPS) is 19.0. The summed E-state index contributed by atoms with van der Waals surface area (Å²) in [5.41, 5.74) is 6.22. The van der Waals surface area contributed by atoms with Gasteiger partial charge in [0.05, 0.1) is 28.5 Å². The molecule has 0 aliphatic carbocycles. The smallest absolute Gasteiger partial charge is 0.200 e. The number of ether oxygens (including phenoxy) is 3. The van der Waals surface area contributed by atoms with Crippen molar-refractivity contribution in [3.8, 4) is 0 Å². The van der Waals surface area contributed by atoms with Crippen LogP contribution in [0.15, 0.2) is 41.4 Å². The zero-order valence-corrected chi connectivity index (χ0v) is 23.4. The molecule has 4 unspecified atom stereocenters. The number of thioether (sulfide) groups is 1. The summed E-state index contributed by atoms with van der Waals surface area (Å²) in [4.78, 5) is 0.833. The van der Waals surface area contributed by atoms with E-state index in [4.69, 9.17) is 60.6 Å². The van der Waals surface area contributed by atoms with Crippen LogP contribution in [0.25, 0.3) is 5.70 Å².